The summed E-state index contributed by atoms with van der Waals surface area (Å²) in [5.41, 5.74) is -0.276. The van der Waals surface area contributed by atoms with Crippen LogP contribution in [-0.4, -0.2) is 31.1 Å². The number of methoxy groups -OCH3 is 2. The van der Waals surface area contributed by atoms with Gasteiger partial charge in [0.1, 0.15) is 5.75 Å². The van der Waals surface area contributed by atoms with Gasteiger partial charge in [0.05, 0.1) is 30.8 Å². The molecule has 1 heterocycles. The zero-order valence-electron chi connectivity index (χ0n) is 13.0. The number of hydrogen-bond donors (Lipinski definition) is 2. The first-order valence-electron chi connectivity index (χ1n) is 6.70. The van der Waals surface area contributed by atoms with Crippen molar-refractivity contribution in [1.82, 2.24) is 10.6 Å². The molecule has 1 aliphatic heterocycles. The third-order valence-corrected chi connectivity index (χ3v) is 3.48. The van der Waals surface area contributed by atoms with E-state index in [1.165, 1.54) is 27.2 Å². The summed E-state index contributed by atoms with van der Waals surface area (Å²) in [5.74, 6) is -1.89. The van der Waals surface area contributed by atoms with Gasteiger partial charge in [-0.25, -0.2) is 9.59 Å². The predicted molar refractivity (Wildman–Crippen MR) is 78.2 cm³/mol. The van der Waals surface area contributed by atoms with Crippen LogP contribution in [0.25, 0.3) is 0 Å². The van der Waals surface area contributed by atoms with Gasteiger partial charge >= 0.3 is 12.0 Å². The lowest BCUT2D eigenvalue weighted by atomic mass is 9.94. The Morgan fingerprint density at radius 1 is 1.33 bits per heavy atom. The Balaban J connectivity index is 2.66. The maximum atomic E-state index is 12.0. The van der Waals surface area contributed by atoms with E-state index < -0.39 is 34.4 Å². The first-order chi connectivity index (χ1) is 11.3. The van der Waals surface area contributed by atoms with Gasteiger partial charge in [0.25, 0.3) is 5.69 Å². The van der Waals surface area contributed by atoms with Gasteiger partial charge in [-0.1, -0.05) is 0 Å². The molecule has 0 saturated heterocycles. The van der Waals surface area contributed by atoms with Crippen molar-refractivity contribution in [2.24, 2.45) is 0 Å². The van der Waals surface area contributed by atoms with E-state index in [2.05, 4.69) is 10.6 Å². The second-order valence-corrected chi connectivity index (χ2v) is 4.89. The van der Waals surface area contributed by atoms with Gasteiger partial charge in [-0.15, -0.1) is 0 Å². The van der Waals surface area contributed by atoms with Crippen molar-refractivity contribution in [3.05, 3.63) is 39.1 Å². The van der Waals surface area contributed by atoms with E-state index >= 15 is 0 Å². The SMILES string of the molecule is COC(=O)C1=C(C)NC(=O)N[C@@H]1c1cc(OC)c([O-])c([N+](=O)[O-])c1. The highest BCUT2D eigenvalue weighted by Gasteiger charge is 2.33. The fraction of sp³-hybridized carbons (Fsp3) is 0.286. The molecule has 1 aliphatic rings. The maximum absolute atomic E-state index is 12.0. The monoisotopic (exact) mass is 336 g/mol. The normalized spacial score (nSPS) is 17.0. The minimum absolute atomic E-state index is 0.0621. The van der Waals surface area contributed by atoms with Crippen LogP contribution in [0.2, 0.25) is 0 Å². The number of nitro benzene ring substituents is 1. The smallest absolute Gasteiger partial charge is 0.337 e. The molecule has 24 heavy (non-hydrogen) atoms. The minimum atomic E-state index is -1.03. The summed E-state index contributed by atoms with van der Waals surface area (Å²) >= 11 is 0. The number of allylic oxidation sites excluding steroid dienone is 1. The molecule has 0 aromatic heterocycles. The number of nitrogens with one attached hydrogen (secondary N) is 2. The van der Waals surface area contributed by atoms with Crippen LogP contribution in [0.1, 0.15) is 18.5 Å². The number of urea groups is 1. The second-order valence-electron chi connectivity index (χ2n) is 4.89. The summed E-state index contributed by atoms with van der Waals surface area (Å²) in [6.45, 7) is 1.49. The molecule has 0 saturated carbocycles. The Labute approximate surface area is 136 Å². The average molecular weight is 336 g/mol. The Hall–Kier alpha value is -3.30. The molecule has 128 valence electrons. The van der Waals surface area contributed by atoms with Crippen molar-refractivity contribution < 1.29 is 29.1 Å². The Kier molecular flexibility index (Phi) is 4.58. The standard InChI is InChI=1S/C14H15N3O7/c1-6-10(13(19)24-3)11(16-14(20)15-6)7-4-8(17(21)22)12(18)9(5-7)23-2/h4-5,11,18H,1-3H3,(H2,15,16,20)/p-1/t11-/m1/s1. The molecule has 0 spiro atoms. The van der Waals surface area contributed by atoms with Crippen LogP contribution >= 0.6 is 0 Å². The zero-order chi connectivity index (χ0) is 18.0. The van der Waals surface area contributed by atoms with Crippen molar-refractivity contribution in [3.63, 3.8) is 0 Å². The molecule has 0 aliphatic carbocycles. The largest absolute Gasteiger partial charge is 0.865 e. The molecule has 0 bridgehead atoms. The molecule has 10 heteroatoms. The summed E-state index contributed by atoms with van der Waals surface area (Å²) in [7, 11) is 2.35. The number of nitrogens with zero attached hydrogens (tertiary/aromatic N) is 1. The van der Waals surface area contributed by atoms with E-state index in [0.29, 0.717) is 0 Å². The molecule has 2 amide bonds. The molecule has 0 unspecified atom stereocenters. The van der Waals surface area contributed by atoms with Crippen LogP contribution < -0.4 is 20.5 Å². The van der Waals surface area contributed by atoms with Gasteiger partial charge in [-0.3, -0.25) is 10.1 Å². The average Bonchev–Trinajstić information content (AvgIpc) is 2.53. The summed E-state index contributed by atoms with van der Waals surface area (Å²) < 4.78 is 9.56. The number of rotatable bonds is 4. The number of nitro groups is 1. The maximum Gasteiger partial charge on any atom is 0.337 e. The lowest BCUT2D eigenvalue weighted by Gasteiger charge is -2.28. The summed E-state index contributed by atoms with van der Waals surface area (Å²) in [4.78, 5) is 33.9. The van der Waals surface area contributed by atoms with Crippen LogP contribution in [0.3, 0.4) is 0 Å². The molecule has 0 radical (unpaired) electrons. The van der Waals surface area contributed by atoms with E-state index in [0.717, 1.165) is 6.07 Å². The highest BCUT2D eigenvalue weighted by atomic mass is 16.6. The van der Waals surface area contributed by atoms with E-state index in [9.17, 15) is 24.8 Å². The van der Waals surface area contributed by atoms with E-state index in [1.807, 2.05) is 0 Å². The molecule has 2 N–H and O–H groups in total. The van der Waals surface area contributed by atoms with Crippen molar-refractivity contribution in [2.45, 2.75) is 13.0 Å². The fourth-order valence-corrected chi connectivity index (χ4v) is 2.39. The van der Waals surface area contributed by atoms with Crippen LogP contribution in [0.4, 0.5) is 10.5 Å². The third-order valence-electron chi connectivity index (χ3n) is 3.48. The van der Waals surface area contributed by atoms with Gasteiger partial charge in [0.15, 0.2) is 0 Å². The molecular weight excluding hydrogens is 322 g/mol. The quantitative estimate of drug-likeness (QED) is 0.462. The third kappa shape index (κ3) is 2.93. The first kappa shape index (κ1) is 17.1. The van der Waals surface area contributed by atoms with Gasteiger partial charge in [0, 0.05) is 17.5 Å². The number of amides is 2. The summed E-state index contributed by atoms with van der Waals surface area (Å²) in [6.07, 6.45) is 0. The van der Waals surface area contributed by atoms with Crippen LogP contribution in [0.15, 0.2) is 23.4 Å². The number of ether oxygens (including phenoxy) is 2. The highest BCUT2D eigenvalue weighted by molar-refractivity contribution is 5.95. The number of carbonyl (C=O) groups is 2. The van der Waals surface area contributed by atoms with Gasteiger partial charge in [0.2, 0.25) is 0 Å². The van der Waals surface area contributed by atoms with Gasteiger partial charge < -0.3 is 25.2 Å². The predicted octanol–water partition coefficient (Wildman–Crippen LogP) is 0.478. The Morgan fingerprint density at radius 3 is 2.54 bits per heavy atom. The highest BCUT2D eigenvalue weighted by Crippen LogP contribution is 2.38. The Bertz CT molecular complexity index is 757. The topological polar surface area (TPSA) is 143 Å². The van der Waals surface area contributed by atoms with E-state index in [1.54, 1.807) is 0 Å². The Morgan fingerprint density at radius 2 is 2.00 bits per heavy atom. The fourth-order valence-electron chi connectivity index (χ4n) is 2.39. The second kappa shape index (κ2) is 6.44. The first-order valence-corrected chi connectivity index (χ1v) is 6.70. The van der Waals surface area contributed by atoms with Gasteiger partial charge in [-0.05, 0) is 18.6 Å². The van der Waals surface area contributed by atoms with Crippen LogP contribution in [0.5, 0.6) is 11.5 Å². The van der Waals surface area contributed by atoms with Crippen LogP contribution in [0, 0.1) is 10.1 Å². The van der Waals surface area contributed by atoms with E-state index in [4.69, 9.17) is 9.47 Å². The van der Waals surface area contributed by atoms with Crippen molar-refractivity contribution in [3.8, 4) is 11.5 Å². The summed E-state index contributed by atoms with van der Waals surface area (Å²) in [6, 6.07) is 0.608. The lowest BCUT2D eigenvalue weighted by Crippen LogP contribution is -2.45. The molecule has 10 nitrogen and oxygen atoms in total. The van der Waals surface area contributed by atoms with Crippen molar-refractivity contribution >= 4 is 17.7 Å². The number of hydrogen-bond acceptors (Lipinski definition) is 7. The molecule has 1 aromatic carbocycles. The number of carbonyl (C=O) groups excluding carboxylic acids is 2. The molecule has 0 fully saturated rings. The molecule has 2 rings (SSSR count). The van der Waals surface area contributed by atoms with Crippen molar-refractivity contribution in [1.29, 1.82) is 0 Å². The molecule has 1 aromatic rings. The van der Waals surface area contributed by atoms with Gasteiger partial charge in [-0.2, -0.15) is 0 Å². The van der Waals surface area contributed by atoms with Crippen molar-refractivity contribution in [2.75, 3.05) is 14.2 Å². The number of esters is 1. The molecule has 1 atom stereocenters. The number of benzene rings is 1. The van der Waals surface area contributed by atoms with E-state index in [-0.39, 0.29) is 22.6 Å². The van der Waals surface area contributed by atoms with Crippen LogP contribution in [-0.2, 0) is 9.53 Å². The minimum Gasteiger partial charge on any atom is -0.865 e. The zero-order valence-corrected chi connectivity index (χ0v) is 13.0. The summed E-state index contributed by atoms with van der Waals surface area (Å²) in [5, 5.41) is 27.9. The molecular formula is C14H14N3O7-. The lowest BCUT2D eigenvalue weighted by molar-refractivity contribution is -0.398.